The number of benzene rings is 2. The maximum Gasteiger partial charge on any atom is 0.266 e. The summed E-state index contributed by atoms with van der Waals surface area (Å²) < 4.78 is 11.0. The van der Waals surface area contributed by atoms with Crippen LogP contribution in [0.25, 0.3) is 6.08 Å². The van der Waals surface area contributed by atoms with Gasteiger partial charge in [-0.15, -0.1) is 0 Å². The molecule has 2 aromatic carbocycles. The maximum absolute atomic E-state index is 12.6. The molecule has 5 nitrogen and oxygen atoms in total. The monoisotopic (exact) mass is 364 g/mol. The van der Waals surface area contributed by atoms with Crippen molar-refractivity contribution in [2.75, 3.05) is 19.0 Å². The van der Waals surface area contributed by atoms with Crippen LogP contribution >= 0.6 is 0 Å². The highest BCUT2D eigenvalue weighted by Gasteiger charge is 2.13. The molecule has 0 saturated heterocycles. The van der Waals surface area contributed by atoms with Crippen molar-refractivity contribution in [3.63, 3.8) is 0 Å². The first-order valence-electron chi connectivity index (χ1n) is 8.80. The van der Waals surface area contributed by atoms with Gasteiger partial charge in [-0.05, 0) is 55.2 Å². The molecule has 0 fully saturated rings. The summed E-state index contributed by atoms with van der Waals surface area (Å²) in [6.07, 6.45) is 2.43. The van der Waals surface area contributed by atoms with Gasteiger partial charge in [0.05, 0.1) is 13.7 Å². The minimum atomic E-state index is -0.444. The van der Waals surface area contributed by atoms with Crippen molar-refractivity contribution in [2.24, 2.45) is 0 Å². The van der Waals surface area contributed by atoms with E-state index in [-0.39, 0.29) is 5.57 Å². The fourth-order valence-electron chi connectivity index (χ4n) is 2.61. The molecule has 0 bridgehead atoms. The Bertz CT molecular complexity index is 875. The third kappa shape index (κ3) is 5.11. The molecule has 1 N–H and O–H groups in total. The Kier molecular flexibility index (Phi) is 7.01. The molecule has 2 aromatic rings. The molecule has 0 heterocycles. The second-order valence-corrected chi connectivity index (χ2v) is 6.15. The van der Waals surface area contributed by atoms with Crippen LogP contribution in [0.1, 0.15) is 30.0 Å². The zero-order valence-corrected chi connectivity index (χ0v) is 16.1. The molecule has 0 atom stereocenters. The predicted molar refractivity (Wildman–Crippen MR) is 107 cm³/mol. The van der Waals surface area contributed by atoms with Gasteiger partial charge in [0.2, 0.25) is 0 Å². The van der Waals surface area contributed by atoms with E-state index in [0.717, 1.165) is 23.2 Å². The lowest BCUT2D eigenvalue weighted by atomic mass is 10.1. The second kappa shape index (κ2) is 9.44. The first-order chi connectivity index (χ1) is 13.0. The van der Waals surface area contributed by atoms with E-state index in [1.807, 2.05) is 45.0 Å². The molecule has 0 aliphatic carbocycles. The van der Waals surface area contributed by atoms with Crippen LogP contribution in [-0.4, -0.2) is 19.6 Å². The number of nitrogens with zero attached hydrogens (tertiary/aromatic N) is 1. The number of rotatable bonds is 7. The number of nitriles is 1. The fraction of sp³-hybridized carbons (Fsp3) is 0.273. The number of aryl methyl sites for hydroxylation is 2. The molecule has 0 aromatic heterocycles. The minimum absolute atomic E-state index is 0.0157. The number of para-hydroxylation sites is 1. The zero-order valence-electron chi connectivity index (χ0n) is 16.1. The number of hydrogen-bond donors (Lipinski definition) is 1. The van der Waals surface area contributed by atoms with Crippen LogP contribution in [0.2, 0.25) is 0 Å². The van der Waals surface area contributed by atoms with Crippen molar-refractivity contribution < 1.29 is 14.3 Å². The Balaban J connectivity index is 2.27. The summed E-state index contributed by atoms with van der Waals surface area (Å²) >= 11 is 0. The van der Waals surface area contributed by atoms with Gasteiger partial charge in [0, 0.05) is 5.69 Å². The van der Waals surface area contributed by atoms with Crippen LogP contribution < -0.4 is 14.8 Å². The zero-order chi connectivity index (χ0) is 19.8. The Labute approximate surface area is 160 Å². The van der Waals surface area contributed by atoms with Crippen molar-refractivity contribution in [2.45, 2.75) is 27.2 Å². The average molecular weight is 364 g/mol. The van der Waals surface area contributed by atoms with Gasteiger partial charge >= 0.3 is 0 Å². The fourth-order valence-corrected chi connectivity index (χ4v) is 2.61. The highest BCUT2D eigenvalue weighted by atomic mass is 16.5. The molecule has 0 aliphatic rings. The molecule has 5 heteroatoms. The van der Waals surface area contributed by atoms with E-state index in [2.05, 4.69) is 5.32 Å². The van der Waals surface area contributed by atoms with Crippen LogP contribution in [0.3, 0.4) is 0 Å². The highest BCUT2D eigenvalue weighted by Crippen LogP contribution is 2.29. The van der Waals surface area contributed by atoms with Gasteiger partial charge in [0.1, 0.15) is 11.6 Å². The predicted octanol–water partition coefficient (Wildman–Crippen LogP) is 4.65. The van der Waals surface area contributed by atoms with Crippen LogP contribution in [0.5, 0.6) is 11.5 Å². The third-order valence-electron chi connectivity index (χ3n) is 4.05. The lowest BCUT2D eigenvalue weighted by Gasteiger charge is -2.12. The van der Waals surface area contributed by atoms with E-state index in [9.17, 15) is 10.1 Å². The smallest absolute Gasteiger partial charge is 0.266 e. The molecule has 1 amide bonds. The molecule has 140 valence electrons. The summed E-state index contributed by atoms with van der Waals surface area (Å²) in [7, 11) is 1.56. The number of methoxy groups -OCH3 is 1. The van der Waals surface area contributed by atoms with Crippen LogP contribution in [-0.2, 0) is 4.79 Å². The molecule has 0 spiro atoms. The molecular weight excluding hydrogens is 340 g/mol. The Morgan fingerprint density at radius 3 is 2.48 bits per heavy atom. The SMILES string of the molecule is CCCOc1ccc(/C=C(/C#N)C(=O)Nc2c(C)cccc2C)cc1OC. The Hall–Kier alpha value is -3.26. The van der Waals surface area contributed by atoms with Crippen molar-refractivity contribution in [1.82, 2.24) is 0 Å². The number of hydrogen-bond acceptors (Lipinski definition) is 4. The lowest BCUT2D eigenvalue weighted by molar-refractivity contribution is -0.112. The van der Waals surface area contributed by atoms with E-state index in [4.69, 9.17) is 9.47 Å². The normalized spacial score (nSPS) is 10.9. The van der Waals surface area contributed by atoms with E-state index >= 15 is 0 Å². The van der Waals surface area contributed by atoms with Crippen LogP contribution in [0.15, 0.2) is 42.0 Å². The summed E-state index contributed by atoms with van der Waals surface area (Å²) in [6.45, 7) is 6.45. The van der Waals surface area contributed by atoms with Crippen molar-refractivity contribution >= 4 is 17.7 Å². The number of ether oxygens (including phenoxy) is 2. The molecule has 0 unspecified atom stereocenters. The summed E-state index contributed by atoms with van der Waals surface area (Å²) in [5, 5.41) is 12.3. The van der Waals surface area contributed by atoms with Crippen molar-refractivity contribution in [1.29, 1.82) is 5.26 Å². The van der Waals surface area contributed by atoms with E-state index in [1.54, 1.807) is 25.3 Å². The average Bonchev–Trinajstić information content (AvgIpc) is 2.67. The first kappa shape index (κ1) is 20.1. The number of anilines is 1. The standard InChI is InChI=1S/C22H24N2O3/c1-5-11-27-19-10-9-17(13-20(19)26-4)12-18(14-23)22(25)24-21-15(2)7-6-8-16(21)3/h6-10,12-13H,5,11H2,1-4H3,(H,24,25)/b18-12-. The first-order valence-corrected chi connectivity index (χ1v) is 8.80. The van der Waals surface area contributed by atoms with E-state index in [0.29, 0.717) is 23.7 Å². The van der Waals surface area contributed by atoms with Gasteiger partial charge in [-0.2, -0.15) is 5.26 Å². The molecule has 27 heavy (non-hydrogen) atoms. The molecule has 0 radical (unpaired) electrons. The largest absolute Gasteiger partial charge is 0.493 e. The minimum Gasteiger partial charge on any atom is -0.493 e. The van der Waals surface area contributed by atoms with E-state index < -0.39 is 5.91 Å². The highest BCUT2D eigenvalue weighted by molar-refractivity contribution is 6.10. The topological polar surface area (TPSA) is 71.3 Å². The van der Waals surface area contributed by atoms with Gasteiger partial charge < -0.3 is 14.8 Å². The molecule has 0 saturated carbocycles. The summed E-state index contributed by atoms with van der Waals surface area (Å²) in [4.78, 5) is 12.6. The second-order valence-electron chi connectivity index (χ2n) is 6.15. The number of carbonyl (C=O) groups is 1. The Morgan fingerprint density at radius 1 is 1.19 bits per heavy atom. The molecule has 0 aliphatic heterocycles. The molecule has 2 rings (SSSR count). The van der Waals surface area contributed by atoms with E-state index in [1.165, 1.54) is 6.08 Å². The quantitative estimate of drug-likeness (QED) is 0.573. The number of nitrogens with one attached hydrogen (secondary N) is 1. The maximum atomic E-state index is 12.6. The Morgan fingerprint density at radius 2 is 1.89 bits per heavy atom. The number of amides is 1. The summed E-state index contributed by atoms with van der Waals surface area (Å²) in [5.74, 6) is 0.750. The van der Waals surface area contributed by atoms with Crippen molar-refractivity contribution in [3.05, 3.63) is 58.7 Å². The third-order valence-corrected chi connectivity index (χ3v) is 4.05. The lowest BCUT2D eigenvalue weighted by Crippen LogP contribution is -2.15. The van der Waals surface area contributed by atoms with Crippen LogP contribution in [0.4, 0.5) is 5.69 Å². The van der Waals surface area contributed by atoms with Gasteiger partial charge in [-0.1, -0.05) is 31.2 Å². The van der Waals surface area contributed by atoms with Crippen molar-refractivity contribution in [3.8, 4) is 17.6 Å². The number of carbonyl (C=O) groups excluding carboxylic acids is 1. The van der Waals surface area contributed by atoms with Crippen LogP contribution in [0, 0.1) is 25.2 Å². The molecular formula is C22H24N2O3. The van der Waals surface area contributed by atoms with Gasteiger partial charge in [0.25, 0.3) is 5.91 Å². The van der Waals surface area contributed by atoms with Gasteiger partial charge in [-0.3, -0.25) is 4.79 Å². The van der Waals surface area contributed by atoms with Gasteiger partial charge in [-0.25, -0.2) is 0 Å². The summed E-state index contributed by atoms with van der Waals surface area (Å²) in [6, 6.07) is 13.0. The summed E-state index contributed by atoms with van der Waals surface area (Å²) in [5.41, 5.74) is 3.31. The van der Waals surface area contributed by atoms with Gasteiger partial charge in [0.15, 0.2) is 11.5 Å².